The minimum Gasteiger partial charge on any atom is -0.337 e. The van der Waals surface area contributed by atoms with Crippen LogP contribution >= 0.6 is 11.8 Å². The number of carbonyl (C=O) groups is 1. The van der Waals surface area contributed by atoms with Crippen molar-refractivity contribution in [3.8, 4) is 6.07 Å². The number of aromatic nitrogens is 1. The third kappa shape index (κ3) is 4.04. The summed E-state index contributed by atoms with van der Waals surface area (Å²) in [7, 11) is 0. The van der Waals surface area contributed by atoms with Crippen molar-refractivity contribution in [3.05, 3.63) is 24.4 Å². The molecule has 1 aromatic rings. The second-order valence-electron chi connectivity index (χ2n) is 4.47. The standard InChI is InChI=1S/C13H17N3OS/c1-10(2)13(3,9-14)16-11(17)8-18-12-6-4-5-7-15-12/h4-7,10H,8H2,1-3H3,(H,16,17)/t13-/m0/s1. The number of nitrogens with zero attached hydrogens (tertiary/aromatic N) is 2. The predicted octanol–water partition coefficient (Wildman–Crippen LogP) is 2.23. The van der Waals surface area contributed by atoms with Crippen LogP contribution in [0.15, 0.2) is 29.4 Å². The molecule has 0 aliphatic carbocycles. The zero-order valence-electron chi connectivity index (χ0n) is 10.8. The maximum atomic E-state index is 11.8. The summed E-state index contributed by atoms with van der Waals surface area (Å²) in [5.41, 5.74) is -0.818. The fourth-order valence-corrected chi connectivity index (χ4v) is 1.86. The van der Waals surface area contributed by atoms with Gasteiger partial charge in [0, 0.05) is 6.20 Å². The molecule has 4 nitrogen and oxygen atoms in total. The van der Waals surface area contributed by atoms with E-state index in [0.717, 1.165) is 5.03 Å². The fourth-order valence-electron chi connectivity index (χ4n) is 1.20. The van der Waals surface area contributed by atoms with Gasteiger partial charge in [0.1, 0.15) is 5.54 Å². The molecule has 5 heteroatoms. The van der Waals surface area contributed by atoms with E-state index in [1.54, 1.807) is 13.1 Å². The summed E-state index contributed by atoms with van der Waals surface area (Å²) in [4.78, 5) is 15.9. The first-order chi connectivity index (χ1) is 8.48. The smallest absolute Gasteiger partial charge is 0.231 e. The lowest BCUT2D eigenvalue weighted by Gasteiger charge is -2.27. The van der Waals surface area contributed by atoms with Crippen LogP contribution in [0.5, 0.6) is 0 Å². The van der Waals surface area contributed by atoms with E-state index >= 15 is 0 Å². The fraction of sp³-hybridized carbons (Fsp3) is 0.462. The Kier molecular flexibility index (Phi) is 5.17. The molecule has 0 fully saturated rings. The molecule has 0 aliphatic heterocycles. The van der Waals surface area contributed by atoms with Gasteiger partial charge in [-0.05, 0) is 25.0 Å². The lowest BCUT2D eigenvalue weighted by molar-refractivity contribution is -0.120. The largest absolute Gasteiger partial charge is 0.337 e. The van der Waals surface area contributed by atoms with Gasteiger partial charge < -0.3 is 5.32 Å². The number of rotatable bonds is 5. The van der Waals surface area contributed by atoms with Crippen LogP contribution in [0.25, 0.3) is 0 Å². The van der Waals surface area contributed by atoms with Crippen LogP contribution in [-0.2, 0) is 4.79 Å². The van der Waals surface area contributed by atoms with E-state index in [4.69, 9.17) is 5.26 Å². The molecule has 0 saturated heterocycles. The Bertz CT molecular complexity index is 441. The number of amides is 1. The summed E-state index contributed by atoms with van der Waals surface area (Å²) < 4.78 is 0. The normalized spacial score (nSPS) is 13.7. The zero-order valence-corrected chi connectivity index (χ0v) is 11.6. The Morgan fingerprint density at radius 1 is 1.61 bits per heavy atom. The van der Waals surface area contributed by atoms with Gasteiger partial charge in [-0.15, -0.1) is 0 Å². The van der Waals surface area contributed by atoms with Gasteiger partial charge in [-0.1, -0.05) is 31.7 Å². The van der Waals surface area contributed by atoms with E-state index in [9.17, 15) is 4.79 Å². The zero-order chi connectivity index (χ0) is 13.6. The van der Waals surface area contributed by atoms with Crippen LogP contribution < -0.4 is 5.32 Å². The number of nitriles is 1. The molecule has 1 atom stereocenters. The van der Waals surface area contributed by atoms with Crippen LogP contribution in [-0.4, -0.2) is 22.2 Å². The molecule has 1 heterocycles. The molecule has 0 bridgehead atoms. The number of nitrogens with one attached hydrogen (secondary N) is 1. The van der Waals surface area contributed by atoms with Gasteiger partial charge in [-0.3, -0.25) is 4.79 Å². The van der Waals surface area contributed by atoms with Gasteiger partial charge in [0.25, 0.3) is 0 Å². The van der Waals surface area contributed by atoms with Gasteiger partial charge in [0.05, 0.1) is 16.8 Å². The molecule has 0 saturated carbocycles. The van der Waals surface area contributed by atoms with Crippen molar-refractivity contribution >= 4 is 17.7 Å². The molecule has 0 radical (unpaired) electrons. The third-order valence-corrected chi connectivity index (χ3v) is 3.72. The summed E-state index contributed by atoms with van der Waals surface area (Å²) >= 11 is 1.36. The maximum absolute atomic E-state index is 11.8. The first-order valence-corrected chi connectivity index (χ1v) is 6.72. The first kappa shape index (κ1) is 14.5. The lowest BCUT2D eigenvalue weighted by Crippen LogP contribution is -2.49. The van der Waals surface area contributed by atoms with Crippen LogP contribution in [0.2, 0.25) is 0 Å². The number of carbonyl (C=O) groups excluding carboxylic acids is 1. The van der Waals surface area contributed by atoms with E-state index < -0.39 is 5.54 Å². The minimum absolute atomic E-state index is 0.0614. The summed E-state index contributed by atoms with van der Waals surface area (Å²) in [5, 5.41) is 12.7. The number of thioether (sulfide) groups is 1. The third-order valence-electron chi connectivity index (χ3n) is 2.77. The molecule has 1 N–H and O–H groups in total. The van der Waals surface area contributed by atoms with E-state index in [-0.39, 0.29) is 17.6 Å². The summed E-state index contributed by atoms with van der Waals surface area (Å²) in [6.07, 6.45) is 1.69. The van der Waals surface area contributed by atoms with Crippen LogP contribution in [0.3, 0.4) is 0 Å². The van der Waals surface area contributed by atoms with Crippen molar-refractivity contribution in [2.24, 2.45) is 5.92 Å². The van der Waals surface area contributed by atoms with E-state index in [1.807, 2.05) is 32.0 Å². The molecular weight excluding hydrogens is 246 g/mol. The van der Waals surface area contributed by atoms with Crippen LogP contribution in [0, 0.1) is 17.2 Å². The Morgan fingerprint density at radius 3 is 2.83 bits per heavy atom. The number of hydrogen-bond acceptors (Lipinski definition) is 4. The van der Waals surface area contributed by atoms with Crippen molar-refractivity contribution in [1.82, 2.24) is 10.3 Å². The van der Waals surface area contributed by atoms with Crippen molar-refractivity contribution < 1.29 is 4.79 Å². The van der Waals surface area contributed by atoms with E-state index in [2.05, 4.69) is 16.4 Å². The molecule has 0 unspecified atom stereocenters. The van der Waals surface area contributed by atoms with Crippen molar-refractivity contribution in [2.45, 2.75) is 31.3 Å². The molecule has 1 aromatic heterocycles. The van der Waals surface area contributed by atoms with Crippen LogP contribution in [0.1, 0.15) is 20.8 Å². The van der Waals surface area contributed by atoms with Crippen molar-refractivity contribution in [2.75, 3.05) is 5.75 Å². The molecule has 1 amide bonds. The second kappa shape index (κ2) is 6.41. The van der Waals surface area contributed by atoms with E-state index in [1.165, 1.54) is 11.8 Å². The minimum atomic E-state index is -0.818. The van der Waals surface area contributed by atoms with Crippen molar-refractivity contribution in [3.63, 3.8) is 0 Å². The highest BCUT2D eigenvalue weighted by Crippen LogP contribution is 2.17. The highest BCUT2D eigenvalue weighted by molar-refractivity contribution is 7.99. The SMILES string of the molecule is CC(C)[C@](C)(C#N)NC(=O)CSc1ccccn1. The number of pyridine rings is 1. The maximum Gasteiger partial charge on any atom is 0.231 e. The second-order valence-corrected chi connectivity index (χ2v) is 5.47. The van der Waals surface area contributed by atoms with Gasteiger partial charge in [0.15, 0.2) is 0 Å². The Labute approximate surface area is 112 Å². The number of hydrogen-bond donors (Lipinski definition) is 1. The molecule has 0 spiro atoms. The quantitative estimate of drug-likeness (QED) is 0.827. The Hall–Kier alpha value is -1.54. The van der Waals surface area contributed by atoms with Gasteiger partial charge in [-0.25, -0.2) is 4.98 Å². The predicted molar refractivity (Wildman–Crippen MR) is 72.0 cm³/mol. The first-order valence-electron chi connectivity index (χ1n) is 5.74. The molecule has 18 heavy (non-hydrogen) atoms. The van der Waals surface area contributed by atoms with Gasteiger partial charge in [-0.2, -0.15) is 5.26 Å². The van der Waals surface area contributed by atoms with Crippen LogP contribution in [0.4, 0.5) is 0 Å². The summed E-state index contributed by atoms with van der Waals surface area (Å²) in [6, 6.07) is 7.71. The average Bonchev–Trinajstić information content (AvgIpc) is 2.37. The topological polar surface area (TPSA) is 65.8 Å². The monoisotopic (exact) mass is 263 g/mol. The summed E-state index contributed by atoms with van der Waals surface area (Å²) in [5.74, 6) is 0.177. The summed E-state index contributed by atoms with van der Waals surface area (Å²) in [6.45, 7) is 5.56. The molecule has 0 aromatic carbocycles. The van der Waals surface area contributed by atoms with Crippen molar-refractivity contribution in [1.29, 1.82) is 5.26 Å². The van der Waals surface area contributed by atoms with Gasteiger partial charge >= 0.3 is 0 Å². The molecular formula is C13H17N3OS. The van der Waals surface area contributed by atoms with E-state index in [0.29, 0.717) is 0 Å². The lowest BCUT2D eigenvalue weighted by atomic mass is 9.90. The Morgan fingerprint density at radius 2 is 2.33 bits per heavy atom. The molecule has 1 rings (SSSR count). The molecule has 96 valence electrons. The highest BCUT2D eigenvalue weighted by atomic mass is 32.2. The molecule has 0 aliphatic rings. The Balaban J connectivity index is 2.50. The average molecular weight is 263 g/mol. The van der Waals surface area contributed by atoms with Gasteiger partial charge in [0.2, 0.25) is 5.91 Å². The highest BCUT2D eigenvalue weighted by Gasteiger charge is 2.29.